The fraction of sp³-hybridized carbons (Fsp3) is 0.300. The van der Waals surface area contributed by atoms with Crippen LogP contribution in [0.25, 0.3) is 0 Å². The maximum absolute atomic E-state index is 11.7. The van der Waals surface area contributed by atoms with Gasteiger partial charge in [0.25, 0.3) is 11.8 Å². The lowest BCUT2D eigenvalue weighted by molar-refractivity contribution is -0.137. The maximum atomic E-state index is 11.7. The Labute approximate surface area is 107 Å². The first kappa shape index (κ1) is 12.4. The number of likely N-dealkylation sites (tertiary alicyclic amines) is 1. The van der Waals surface area contributed by atoms with E-state index in [-0.39, 0.29) is 23.2 Å². The summed E-state index contributed by atoms with van der Waals surface area (Å²) in [6.45, 7) is 0. The van der Waals surface area contributed by atoms with Gasteiger partial charge in [-0.1, -0.05) is 11.6 Å². The van der Waals surface area contributed by atoms with Crippen LogP contribution in [-0.4, -0.2) is 45.7 Å². The van der Waals surface area contributed by atoms with E-state index < -0.39 is 17.9 Å². The van der Waals surface area contributed by atoms with Crippen LogP contribution in [0.2, 0.25) is 5.15 Å². The molecule has 1 N–H and O–H groups in total. The number of imide groups is 1. The molecule has 0 saturated carbocycles. The second kappa shape index (κ2) is 4.69. The largest absolute Gasteiger partial charge is 0.338 e. The van der Waals surface area contributed by atoms with Gasteiger partial charge >= 0.3 is 0 Å². The average Bonchev–Trinajstić information content (AvgIpc) is 2.58. The van der Waals surface area contributed by atoms with Crippen molar-refractivity contribution in [3.8, 4) is 0 Å². The highest BCUT2D eigenvalue weighted by Gasteiger charge is 2.37. The maximum Gasteiger partial charge on any atom is 0.272 e. The fourth-order valence-electron chi connectivity index (χ4n) is 1.53. The number of carbonyl (C=O) groups is 3. The number of rotatable bonds is 2. The minimum Gasteiger partial charge on any atom is -0.338 e. The number of aromatic nitrogens is 2. The Morgan fingerprint density at radius 2 is 2.17 bits per heavy atom. The fourth-order valence-corrected chi connectivity index (χ4v) is 1.63. The molecular formula is C10H9ClN4O3. The third-order valence-electron chi connectivity index (χ3n) is 2.54. The van der Waals surface area contributed by atoms with Crippen molar-refractivity contribution in [2.75, 3.05) is 7.05 Å². The lowest BCUT2D eigenvalue weighted by Crippen LogP contribution is -2.40. The number of nitrogens with one attached hydrogen (secondary N) is 1. The number of amides is 3. The van der Waals surface area contributed by atoms with Crippen LogP contribution in [-0.2, 0) is 9.59 Å². The SMILES string of the molecule is CN1C(=O)CC(NC(=O)c2cnc(Cl)cn2)C1=O. The third kappa shape index (κ3) is 2.30. The van der Waals surface area contributed by atoms with Crippen LogP contribution >= 0.6 is 11.6 Å². The van der Waals surface area contributed by atoms with Crippen LogP contribution in [0.1, 0.15) is 16.9 Å². The van der Waals surface area contributed by atoms with E-state index in [4.69, 9.17) is 11.6 Å². The zero-order valence-corrected chi connectivity index (χ0v) is 10.1. The summed E-state index contributed by atoms with van der Waals surface area (Å²) in [5, 5.41) is 2.59. The summed E-state index contributed by atoms with van der Waals surface area (Å²) in [6, 6.07) is -0.840. The van der Waals surface area contributed by atoms with Gasteiger partial charge in [-0.05, 0) is 0 Å². The van der Waals surface area contributed by atoms with Gasteiger partial charge in [0.1, 0.15) is 16.9 Å². The molecule has 0 spiro atoms. The highest BCUT2D eigenvalue weighted by molar-refractivity contribution is 6.29. The van der Waals surface area contributed by atoms with Crippen LogP contribution in [0, 0.1) is 0 Å². The Morgan fingerprint density at radius 1 is 1.44 bits per heavy atom. The molecule has 1 aromatic rings. The molecule has 3 amide bonds. The Bertz CT molecular complexity index is 516. The van der Waals surface area contributed by atoms with Crippen LogP contribution in [0.3, 0.4) is 0 Å². The highest BCUT2D eigenvalue weighted by atomic mass is 35.5. The van der Waals surface area contributed by atoms with E-state index in [0.717, 1.165) is 4.90 Å². The molecule has 1 saturated heterocycles. The van der Waals surface area contributed by atoms with Crippen LogP contribution < -0.4 is 5.32 Å². The lowest BCUT2D eigenvalue weighted by atomic mass is 10.2. The van der Waals surface area contributed by atoms with Crippen molar-refractivity contribution in [3.05, 3.63) is 23.2 Å². The van der Waals surface area contributed by atoms with Gasteiger partial charge in [0.2, 0.25) is 5.91 Å². The molecule has 1 aromatic heterocycles. The summed E-state index contributed by atoms with van der Waals surface area (Å²) in [7, 11) is 1.37. The number of hydrogen-bond donors (Lipinski definition) is 1. The Kier molecular flexibility index (Phi) is 3.24. The van der Waals surface area contributed by atoms with Gasteiger partial charge in [0.05, 0.1) is 18.8 Å². The first-order valence-electron chi connectivity index (χ1n) is 5.08. The second-order valence-corrected chi connectivity index (χ2v) is 4.13. The summed E-state index contributed by atoms with van der Waals surface area (Å²) < 4.78 is 0. The molecule has 0 radical (unpaired) electrons. The van der Waals surface area contributed by atoms with Gasteiger partial charge in [0, 0.05) is 7.05 Å². The molecule has 7 nitrogen and oxygen atoms in total. The Hall–Kier alpha value is -2.02. The molecule has 2 heterocycles. The molecule has 94 valence electrons. The van der Waals surface area contributed by atoms with Crippen LogP contribution in [0.5, 0.6) is 0 Å². The number of likely N-dealkylation sites (N-methyl/N-ethyl adjacent to an activating group) is 1. The van der Waals surface area contributed by atoms with Crippen molar-refractivity contribution in [2.45, 2.75) is 12.5 Å². The molecule has 1 aliphatic heterocycles. The van der Waals surface area contributed by atoms with Gasteiger partial charge in [0.15, 0.2) is 0 Å². The van der Waals surface area contributed by atoms with Gasteiger partial charge < -0.3 is 5.32 Å². The zero-order valence-electron chi connectivity index (χ0n) is 9.38. The van der Waals surface area contributed by atoms with E-state index >= 15 is 0 Å². The topological polar surface area (TPSA) is 92.3 Å². The molecular weight excluding hydrogens is 260 g/mol. The minimum absolute atomic E-state index is 0.0363. The van der Waals surface area contributed by atoms with E-state index in [1.165, 1.54) is 19.4 Å². The molecule has 0 aliphatic carbocycles. The summed E-state index contributed by atoms with van der Waals surface area (Å²) in [5.41, 5.74) is 0.0363. The summed E-state index contributed by atoms with van der Waals surface area (Å²) in [4.78, 5) is 43.0. The van der Waals surface area contributed by atoms with E-state index in [0.29, 0.717) is 0 Å². The van der Waals surface area contributed by atoms with E-state index in [1.807, 2.05) is 0 Å². The van der Waals surface area contributed by atoms with Crippen molar-refractivity contribution in [1.82, 2.24) is 20.2 Å². The number of hydrogen-bond acceptors (Lipinski definition) is 5. The Balaban J connectivity index is 2.06. The minimum atomic E-state index is -0.840. The number of carbonyl (C=O) groups excluding carboxylic acids is 3. The Morgan fingerprint density at radius 3 is 2.67 bits per heavy atom. The van der Waals surface area contributed by atoms with Crippen molar-refractivity contribution in [2.24, 2.45) is 0 Å². The average molecular weight is 269 g/mol. The molecule has 1 fully saturated rings. The summed E-state index contributed by atoms with van der Waals surface area (Å²) in [5.74, 6) is -1.33. The third-order valence-corrected chi connectivity index (χ3v) is 2.73. The second-order valence-electron chi connectivity index (χ2n) is 3.75. The van der Waals surface area contributed by atoms with Gasteiger partial charge in [-0.2, -0.15) is 0 Å². The lowest BCUT2D eigenvalue weighted by Gasteiger charge is -2.10. The predicted molar refractivity (Wildman–Crippen MR) is 60.7 cm³/mol. The van der Waals surface area contributed by atoms with E-state index in [9.17, 15) is 14.4 Å². The van der Waals surface area contributed by atoms with E-state index in [1.54, 1.807) is 0 Å². The van der Waals surface area contributed by atoms with Gasteiger partial charge in [-0.25, -0.2) is 9.97 Å². The van der Waals surface area contributed by atoms with Crippen molar-refractivity contribution in [1.29, 1.82) is 0 Å². The first-order valence-corrected chi connectivity index (χ1v) is 5.45. The quantitative estimate of drug-likeness (QED) is 0.738. The summed E-state index contributed by atoms with van der Waals surface area (Å²) in [6.07, 6.45) is 2.38. The van der Waals surface area contributed by atoms with Gasteiger partial charge in [-0.3, -0.25) is 19.3 Å². The molecule has 8 heteroatoms. The van der Waals surface area contributed by atoms with Crippen molar-refractivity contribution >= 4 is 29.3 Å². The van der Waals surface area contributed by atoms with Gasteiger partial charge in [-0.15, -0.1) is 0 Å². The highest BCUT2D eigenvalue weighted by Crippen LogP contribution is 2.11. The first-order chi connectivity index (χ1) is 8.49. The molecule has 1 atom stereocenters. The van der Waals surface area contributed by atoms with Crippen molar-refractivity contribution in [3.63, 3.8) is 0 Å². The zero-order chi connectivity index (χ0) is 13.3. The molecule has 1 aliphatic rings. The van der Waals surface area contributed by atoms with Crippen molar-refractivity contribution < 1.29 is 14.4 Å². The van der Waals surface area contributed by atoms with Crippen LogP contribution in [0.15, 0.2) is 12.4 Å². The molecule has 0 bridgehead atoms. The smallest absolute Gasteiger partial charge is 0.272 e. The molecule has 0 aromatic carbocycles. The normalized spacial score (nSPS) is 19.2. The number of nitrogens with zero attached hydrogens (tertiary/aromatic N) is 3. The number of halogens is 1. The standard InChI is InChI=1S/C10H9ClN4O3/c1-15-8(16)2-5(10(15)18)14-9(17)6-3-13-7(11)4-12-6/h3-5H,2H2,1H3,(H,14,17). The van der Waals surface area contributed by atoms with Crippen LogP contribution in [0.4, 0.5) is 0 Å². The monoisotopic (exact) mass is 268 g/mol. The molecule has 2 rings (SSSR count). The molecule has 1 unspecified atom stereocenters. The predicted octanol–water partition coefficient (Wildman–Crippen LogP) is -0.383. The van der Waals surface area contributed by atoms with E-state index in [2.05, 4.69) is 15.3 Å². The molecule has 18 heavy (non-hydrogen) atoms. The summed E-state index contributed by atoms with van der Waals surface area (Å²) >= 11 is 5.54.